The minimum Gasteiger partial charge on any atom is -0.309 e. The Hall–Kier alpha value is -4.46. The maximum Gasteiger partial charge on any atom is 0.114 e. The van der Waals surface area contributed by atoms with Crippen molar-refractivity contribution in [2.45, 2.75) is 13.1 Å². The molecule has 7 rings (SSSR count). The normalized spacial score (nSPS) is 13.5. The first-order valence-corrected chi connectivity index (χ1v) is 15.2. The molecule has 0 radical (unpaired) electrons. The lowest BCUT2D eigenvalue weighted by molar-refractivity contribution is 1.18. The maximum absolute atomic E-state index is 9.64. The minimum atomic E-state index is -1.88. The molecule has 0 unspecified atom stereocenters. The van der Waals surface area contributed by atoms with E-state index >= 15 is 0 Å². The summed E-state index contributed by atoms with van der Waals surface area (Å²) in [7, 11) is -1.88. The van der Waals surface area contributed by atoms with Crippen molar-refractivity contribution < 1.29 is 0 Å². The Morgan fingerprint density at radius 1 is 0.778 bits per heavy atom. The Morgan fingerprint density at radius 3 is 2.50 bits per heavy atom. The van der Waals surface area contributed by atoms with Gasteiger partial charge in [-0.05, 0) is 57.4 Å². The number of hydrogen-bond donors (Lipinski definition) is 0. The molecule has 6 aromatic rings. The highest BCUT2D eigenvalue weighted by atomic mass is 28.3. The molecule has 1 aliphatic rings. The van der Waals surface area contributed by atoms with Crippen molar-refractivity contribution in [1.82, 2.24) is 9.55 Å². The lowest BCUT2D eigenvalue weighted by Gasteiger charge is -2.20. The molecule has 0 atom stereocenters. The zero-order valence-corrected chi connectivity index (χ0v) is 21.2. The predicted molar refractivity (Wildman–Crippen MR) is 151 cm³/mol. The largest absolute Gasteiger partial charge is 0.309 e. The molecular formula is C32H23N3Si. The molecule has 0 bridgehead atoms. The van der Waals surface area contributed by atoms with Crippen LogP contribution in [0.2, 0.25) is 13.1 Å². The molecule has 36 heavy (non-hydrogen) atoms. The van der Waals surface area contributed by atoms with Crippen molar-refractivity contribution in [3.63, 3.8) is 0 Å². The van der Waals surface area contributed by atoms with Gasteiger partial charge in [-0.3, -0.25) is 4.98 Å². The van der Waals surface area contributed by atoms with E-state index in [9.17, 15) is 5.26 Å². The van der Waals surface area contributed by atoms with Gasteiger partial charge in [0, 0.05) is 34.4 Å². The van der Waals surface area contributed by atoms with Crippen molar-refractivity contribution >= 4 is 40.3 Å². The van der Waals surface area contributed by atoms with Gasteiger partial charge in [-0.1, -0.05) is 73.8 Å². The van der Waals surface area contributed by atoms with Gasteiger partial charge in [-0.15, -0.1) is 0 Å². The van der Waals surface area contributed by atoms with E-state index in [1.165, 1.54) is 43.3 Å². The van der Waals surface area contributed by atoms with Crippen LogP contribution in [0.1, 0.15) is 5.56 Å². The second-order valence-electron chi connectivity index (χ2n) is 9.99. The number of para-hydroxylation sites is 1. The lowest BCUT2D eigenvalue weighted by Crippen LogP contribution is -2.49. The highest BCUT2D eigenvalue weighted by Gasteiger charge is 2.39. The fourth-order valence-corrected chi connectivity index (χ4v) is 9.61. The van der Waals surface area contributed by atoms with E-state index in [1.54, 1.807) is 12.4 Å². The van der Waals surface area contributed by atoms with Crippen molar-refractivity contribution in [3.8, 4) is 34.0 Å². The third-order valence-electron chi connectivity index (χ3n) is 7.71. The summed E-state index contributed by atoms with van der Waals surface area (Å²) in [5.41, 5.74) is 8.81. The van der Waals surface area contributed by atoms with Gasteiger partial charge >= 0.3 is 0 Å². The van der Waals surface area contributed by atoms with Gasteiger partial charge in [0.2, 0.25) is 0 Å². The Morgan fingerprint density at radius 2 is 1.61 bits per heavy atom. The van der Waals surface area contributed by atoms with Crippen LogP contribution in [0, 0.1) is 11.3 Å². The third-order valence-corrected chi connectivity index (χ3v) is 11.3. The number of nitriles is 1. The van der Waals surface area contributed by atoms with Crippen LogP contribution in [-0.2, 0) is 0 Å². The summed E-state index contributed by atoms with van der Waals surface area (Å²) in [5.74, 6) is 0. The Kier molecular flexibility index (Phi) is 4.36. The molecule has 0 saturated carbocycles. The summed E-state index contributed by atoms with van der Waals surface area (Å²) in [6.45, 7) is 4.97. The average Bonchev–Trinajstić information content (AvgIpc) is 3.38. The Bertz CT molecular complexity index is 1890. The summed E-state index contributed by atoms with van der Waals surface area (Å²) < 4.78 is 2.38. The molecule has 3 heterocycles. The van der Waals surface area contributed by atoms with E-state index in [0.717, 1.165) is 16.8 Å². The Balaban J connectivity index is 1.55. The molecule has 4 heteroatoms. The Labute approximate surface area is 210 Å². The molecule has 170 valence electrons. The molecule has 0 spiro atoms. The smallest absolute Gasteiger partial charge is 0.114 e. The molecule has 0 aliphatic carbocycles. The van der Waals surface area contributed by atoms with E-state index < -0.39 is 8.07 Å². The van der Waals surface area contributed by atoms with Crippen LogP contribution in [0.4, 0.5) is 0 Å². The summed E-state index contributed by atoms with van der Waals surface area (Å²) in [6.07, 6.45) is 3.38. The fraction of sp³-hybridized carbons (Fsp3) is 0.0625. The molecular weight excluding hydrogens is 454 g/mol. The number of nitrogens with zero attached hydrogens (tertiary/aromatic N) is 3. The van der Waals surface area contributed by atoms with E-state index in [0.29, 0.717) is 5.56 Å². The second kappa shape index (κ2) is 7.52. The molecule has 0 amide bonds. The van der Waals surface area contributed by atoms with Gasteiger partial charge in [0.05, 0.1) is 16.6 Å². The molecule has 4 aromatic carbocycles. The standard InChI is InChI=1S/C32H23N3Si/c1-36(2)30-13-6-4-10-25(30)26-14-15-29-31(32(26)36)27-11-3-5-12-28(27)35(29)23-9-7-8-21(18-23)24-16-17-34-20-22(24)19-33/h3-18,20H,1-2H3. The predicted octanol–water partition coefficient (Wildman–Crippen LogP) is 6.52. The minimum absolute atomic E-state index is 0.584. The SMILES string of the molecule is C[Si]1(C)c2ccccc2-c2ccc3c(c21)c1ccccc1n3-c1cccc(-c2ccncc2C#N)c1. The van der Waals surface area contributed by atoms with Gasteiger partial charge in [0.15, 0.2) is 0 Å². The van der Waals surface area contributed by atoms with Crippen LogP contribution >= 0.6 is 0 Å². The van der Waals surface area contributed by atoms with Crippen LogP contribution in [0.25, 0.3) is 49.7 Å². The summed E-state index contributed by atoms with van der Waals surface area (Å²) in [6, 6.07) is 35.0. The van der Waals surface area contributed by atoms with Crippen molar-refractivity contribution in [1.29, 1.82) is 5.26 Å². The molecule has 0 fully saturated rings. The van der Waals surface area contributed by atoms with Gasteiger partial charge in [0.25, 0.3) is 0 Å². The number of pyridine rings is 1. The molecule has 0 saturated heterocycles. The van der Waals surface area contributed by atoms with Gasteiger partial charge in [-0.25, -0.2) is 0 Å². The van der Waals surface area contributed by atoms with Crippen LogP contribution in [-0.4, -0.2) is 17.6 Å². The zero-order chi connectivity index (χ0) is 24.4. The molecule has 0 N–H and O–H groups in total. The molecule has 1 aliphatic heterocycles. The first-order chi connectivity index (χ1) is 17.6. The summed E-state index contributed by atoms with van der Waals surface area (Å²) in [5, 5.41) is 15.4. The van der Waals surface area contributed by atoms with Crippen LogP contribution in [0.5, 0.6) is 0 Å². The quantitative estimate of drug-likeness (QED) is 0.266. The average molecular weight is 478 g/mol. The van der Waals surface area contributed by atoms with E-state index in [-0.39, 0.29) is 0 Å². The second-order valence-corrected chi connectivity index (χ2v) is 14.3. The van der Waals surface area contributed by atoms with E-state index in [1.807, 2.05) is 6.07 Å². The third kappa shape index (κ3) is 2.75. The zero-order valence-electron chi connectivity index (χ0n) is 20.2. The van der Waals surface area contributed by atoms with Crippen LogP contribution in [0.15, 0.2) is 103 Å². The highest BCUT2D eigenvalue weighted by molar-refractivity contribution is 7.05. The van der Waals surface area contributed by atoms with Crippen molar-refractivity contribution in [2.75, 3.05) is 0 Å². The number of hydrogen-bond acceptors (Lipinski definition) is 2. The number of fused-ring (bicyclic) bond motifs is 7. The highest BCUT2D eigenvalue weighted by Crippen LogP contribution is 2.38. The lowest BCUT2D eigenvalue weighted by atomic mass is 10.0. The molecule has 3 nitrogen and oxygen atoms in total. The topological polar surface area (TPSA) is 41.6 Å². The summed E-state index contributed by atoms with van der Waals surface area (Å²) >= 11 is 0. The first-order valence-electron chi connectivity index (χ1n) is 12.2. The van der Waals surface area contributed by atoms with Crippen LogP contribution < -0.4 is 10.4 Å². The van der Waals surface area contributed by atoms with Gasteiger partial charge in [0.1, 0.15) is 14.1 Å². The summed E-state index contributed by atoms with van der Waals surface area (Å²) in [4.78, 5) is 4.14. The van der Waals surface area contributed by atoms with Crippen LogP contribution in [0.3, 0.4) is 0 Å². The van der Waals surface area contributed by atoms with Crippen molar-refractivity contribution in [3.05, 3.63) is 109 Å². The fourth-order valence-electron chi connectivity index (χ4n) is 6.16. The number of rotatable bonds is 2. The van der Waals surface area contributed by atoms with Crippen molar-refractivity contribution in [2.24, 2.45) is 0 Å². The number of benzene rings is 4. The number of aromatic nitrogens is 2. The maximum atomic E-state index is 9.64. The van der Waals surface area contributed by atoms with Gasteiger partial charge < -0.3 is 4.57 Å². The van der Waals surface area contributed by atoms with Gasteiger partial charge in [-0.2, -0.15) is 5.26 Å². The van der Waals surface area contributed by atoms with E-state index in [4.69, 9.17) is 0 Å². The first kappa shape index (κ1) is 20.9. The van der Waals surface area contributed by atoms with E-state index in [2.05, 4.69) is 114 Å². The molecule has 2 aromatic heterocycles. The monoisotopic (exact) mass is 477 g/mol.